The van der Waals surface area contributed by atoms with Crippen molar-refractivity contribution >= 4 is 21.7 Å². The normalized spacial score (nSPS) is 10.3. The third-order valence-electron chi connectivity index (χ3n) is 2.09. The average molecular weight is 264 g/mol. The number of nitrogens with two attached hydrogens (primary N) is 1. The third kappa shape index (κ3) is 1.99. The molecule has 0 radical (unpaired) electrons. The lowest BCUT2D eigenvalue weighted by Gasteiger charge is -2.06. The van der Waals surface area contributed by atoms with Crippen molar-refractivity contribution < 1.29 is 0 Å². The summed E-state index contributed by atoms with van der Waals surface area (Å²) in [5, 5.41) is 0. The molecule has 0 unspecified atom stereocenters. The smallest absolute Gasteiger partial charge is 0.142 e. The van der Waals surface area contributed by atoms with E-state index in [0.29, 0.717) is 5.82 Å². The first-order chi connectivity index (χ1) is 7.18. The highest BCUT2D eigenvalue weighted by atomic mass is 79.9. The van der Waals surface area contributed by atoms with Crippen LogP contribution in [-0.4, -0.2) is 9.97 Å². The number of hydrogen-bond acceptors (Lipinski definition) is 3. The number of hydrogen-bond donors (Lipinski definition) is 1. The summed E-state index contributed by atoms with van der Waals surface area (Å²) >= 11 is 3.49. The van der Waals surface area contributed by atoms with Gasteiger partial charge in [0.15, 0.2) is 0 Å². The largest absolute Gasteiger partial charge is 0.382 e. The Morgan fingerprint density at radius 2 is 2.00 bits per heavy atom. The Morgan fingerprint density at radius 3 is 2.67 bits per heavy atom. The van der Waals surface area contributed by atoms with Gasteiger partial charge in [0.25, 0.3) is 0 Å². The average Bonchev–Trinajstić information content (AvgIpc) is 2.20. The summed E-state index contributed by atoms with van der Waals surface area (Å²) < 4.78 is 1.01. The zero-order chi connectivity index (χ0) is 10.8. The highest BCUT2D eigenvalue weighted by molar-refractivity contribution is 9.10. The molecule has 2 N–H and O–H groups in total. The fourth-order valence-electron chi connectivity index (χ4n) is 1.42. The Bertz CT molecular complexity index is 497. The van der Waals surface area contributed by atoms with Crippen molar-refractivity contribution in [1.29, 1.82) is 0 Å². The molecule has 0 saturated carbocycles. The molecule has 0 aliphatic carbocycles. The third-order valence-corrected chi connectivity index (χ3v) is 2.79. The van der Waals surface area contributed by atoms with Gasteiger partial charge in [-0.1, -0.05) is 34.1 Å². The number of anilines is 1. The minimum Gasteiger partial charge on any atom is -0.382 e. The zero-order valence-corrected chi connectivity index (χ0v) is 9.82. The van der Waals surface area contributed by atoms with Crippen LogP contribution in [0, 0.1) is 6.92 Å². The number of aromatic nitrogens is 2. The number of aryl methyl sites for hydroxylation is 1. The quantitative estimate of drug-likeness (QED) is 0.861. The molecule has 1 aromatic carbocycles. The SMILES string of the molecule is Cc1nc(N)cnc1-c1ccccc1Br. The molecule has 76 valence electrons. The molecule has 2 rings (SSSR count). The van der Waals surface area contributed by atoms with Crippen molar-refractivity contribution in [2.75, 3.05) is 5.73 Å². The molecule has 4 heteroatoms. The van der Waals surface area contributed by atoms with Gasteiger partial charge >= 0.3 is 0 Å². The van der Waals surface area contributed by atoms with Gasteiger partial charge in [0.2, 0.25) is 0 Å². The molecule has 0 bridgehead atoms. The molecule has 1 heterocycles. The van der Waals surface area contributed by atoms with Crippen LogP contribution in [0.25, 0.3) is 11.3 Å². The van der Waals surface area contributed by atoms with E-state index in [-0.39, 0.29) is 0 Å². The molecule has 0 atom stereocenters. The number of rotatable bonds is 1. The summed E-state index contributed by atoms with van der Waals surface area (Å²) in [6.45, 7) is 1.90. The van der Waals surface area contributed by atoms with Crippen LogP contribution in [0.1, 0.15) is 5.69 Å². The molecule has 0 aliphatic rings. The predicted octanol–water partition coefficient (Wildman–Crippen LogP) is 2.80. The van der Waals surface area contributed by atoms with E-state index in [1.165, 1.54) is 0 Å². The van der Waals surface area contributed by atoms with Gasteiger partial charge in [-0.25, -0.2) is 4.98 Å². The van der Waals surface area contributed by atoms with E-state index in [1.54, 1.807) is 6.20 Å². The molecule has 0 fully saturated rings. The Labute approximate surface area is 96.5 Å². The van der Waals surface area contributed by atoms with Gasteiger partial charge in [-0.2, -0.15) is 0 Å². The maximum absolute atomic E-state index is 5.56. The van der Waals surface area contributed by atoms with E-state index < -0.39 is 0 Å². The van der Waals surface area contributed by atoms with Crippen LogP contribution in [0.3, 0.4) is 0 Å². The lowest BCUT2D eigenvalue weighted by atomic mass is 10.1. The second-order valence-corrected chi connectivity index (χ2v) is 4.06. The first-order valence-corrected chi connectivity index (χ1v) is 5.32. The van der Waals surface area contributed by atoms with Gasteiger partial charge in [-0.15, -0.1) is 0 Å². The van der Waals surface area contributed by atoms with E-state index in [4.69, 9.17) is 5.73 Å². The topological polar surface area (TPSA) is 51.8 Å². The van der Waals surface area contributed by atoms with Crippen molar-refractivity contribution in [2.45, 2.75) is 6.92 Å². The Hall–Kier alpha value is -1.42. The minimum atomic E-state index is 0.448. The predicted molar refractivity (Wildman–Crippen MR) is 64.3 cm³/mol. The zero-order valence-electron chi connectivity index (χ0n) is 8.24. The molecule has 0 aliphatic heterocycles. The number of halogens is 1. The van der Waals surface area contributed by atoms with Crippen molar-refractivity contribution in [2.24, 2.45) is 0 Å². The summed E-state index contributed by atoms with van der Waals surface area (Å²) in [5.41, 5.74) is 8.28. The first kappa shape index (κ1) is 10.1. The fraction of sp³-hybridized carbons (Fsp3) is 0.0909. The van der Waals surface area contributed by atoms with Gasteiger partial charge in [0.1, 0.15) is 5.82 Å². The molecular weight excluding hydrogens is 254 g/mol. The molecule has 0 spiro atoms. The lowest BCUT2D eigenvalue weighted by Crippen LogP contribution is -1.97. The van der Waals surface area contributed by atoms with Crippen LogP contribution < -0.4 is 5.73 Å². The van der Waals surface area contributed by atoms with Crippen LogP contribution in [-0.2, 0) is 0 Å². The van der Waals surface area contributed by atoms with Gasteiger partial charge in [0.05, 0.1) is 17.6 Å². The van der Waals surface area contributed by atoms with Crippen molar-refractivity contribution in [3.8, 4) is 11.3 Å². The first-order valence-electron chi connectivity index (χ1n) is 4.52. The van der Waals surface area contributed by atoms with Crippen LogP contribution in [0.4, 0.5) is 5.82 Å². The maximum Gasteiger partial charge on any atom is 0.142 e. The van der Waals surface area contributed by atoms with E-state index >= 15 is 0 Å². The molecule has 2 aromatic rings. The summed E-state index contributed by atoms with van der Waals surface area (Å²) in [7, 11) is 0. The lowest BCUT2D eigenvalue weighted by molar-refractivity contribution is 1.13. The van der Waals surface area contributed by atoms with E-state index in [9.17, 15) is 0 Å². The summed E-state index contributed by atoms with van der Waals surface area (Å²) in [5.74, 6) is 0.448. The van der Waals surface area contributed by atoms with Crippen LogP contribution in [0.15, 0.2) is 34.9 Å². The van der Waals surface area contributed by atoms with Crippen molar-refractivity contribution in [3.05, 3.63) is 40.6 Å². The summed E-state index contributed by atoms with van der Waals surface area (Å²) in [4.78, 5) is 8.48. The number of benzene rings is 1. The monoisotopic (exact) mass is 263 g/mol. The Morgan fingerprint density at radius 1 is 1.27 bits per heavy atom. The standard InChI is InChI=1S/C11H10BrN3/c1-7-11(14-6-10(13)15-7)8-4-2-3-5-9(8)12/h2-6H,1H3,(H2,13,15). The van der Waals surface area contributed by atoms with Gasteiger partial charge in [0, 0.05) is 10.0 Å². The second kappa shape index (κ2) is 3.98. The van der Waals surface area contributed by atoms with Gasteiger partial charge in [-0.05, 0) is 13.0 Å². The highest BCUT2D eigenvalue weighted by Crippen LogP contribution is 2.27. The van der Waals surface area contributed by atoms with Crippen LogP contribution >= 0.6 is 15.9 Å². The van der Waals surface area contributed by atoms with Crippen LogP contribution in [0.5, 0.6) is 0 Å². The molecule has 0 amide bonds. The Kier molecular flexibility index (Phi) is 2.68. The van der Waals surface area contributed by atoms with Crippen molar-refractivity contribution in [1.82, 2.24) is 9.97 Å². The van der Waals surface area contributed by atoms with Crippen LogP contribution in [0.2, 0.25) is 0 Å². The molecular formula is C11H10BrN3. The van der Waals surface area contributed by atoms with Gasteiger partial charge in [-0.3, -0.25) is 4.98 Å². The molecule has 0 saturated heterocycles. The molecule has 3 nitrogen and oxygen atoms in total. The maximum atomic E-state index is 5.56. The van der Waals surface area contributed by atoms with Crippen molar-refractivity contribution in [3.63, 3.8) is 0 Å². The summed E-state index contributed by atoms with van der Waals surface area (Å²) in [6, 6.07) is 7.91. The minimum absolute atomic E-state index is 0.448. The number of nitrogens with zero attached hydrogens (tertiary/aromatic N) is 2. The molecule has 15 heavy (non-hydrogen) atoms. The fourth-order valence-corrected chi connectivity index (χ4v) is 1.89. The highest BCUT2D eigenvalue weighted by Gasteiger charge is 2.07. The second-order valence-electron chi connectivity index (χ2n) is 3.21. The summed E-state index contributed by atoms with van der Waals surface area (Å²) in [6.07, 6.45) is 1.57. The van der Waals surface area contributed by atoms with E-state index in [1.807, 2.05) is 31.2 Å². The number of nitrogen functional groups attached to an aromatic ring is 1. The van der Waals surface area contributed by atoms with E-state index in [0.717, 1.165) is 21.4 Å². The van der Waals surface area contributed by atoms with E-state index in [2.05, 4.69) is 25.9 Å². The Balaban J connectivity index is 2.60. The molecule has 1 aromatic heterocycles. The van der Waals surface area contributed by atoms with Gasteiger partial charge < -0.3 is 5.73 Å².